The SMILES string of the molecule is CC(C)[C@H]1COC[C@H]1C. The summed E-state index contributed by atoms with van der Waals surface area (Å²) >= 11 is 0. The van der Waals surface area contributed by atoms with Crippen LogP contribution < -0.4 is 0 Å². The van der Waals surface area contributed by atoms with Crippen LogP contribution in [-0.4, -0.2) is 13.2 Å². The van der Waals surface area contributed by atoms with Gasteiger partial charge in [0.1, 0.15) is 0 Å². The Labute approximate surface area is 57.4 Å². The first-order chi connectivity index (χ1) is 4.22. The van der Waals surface area contributed by atoms with Crippen molar-refractivity contribution < 1.29 is 4.74 Å². The lowest BCUT2D eigenvalue weighted by Crippen LogP contribution is -2.14. The highest BCUT2D eigenvalue weighted by Crippen LogP contribution is 2.26. The molecule has 0 bridgehead atoms. The second-order valence-corrected chi connectivity index (χ2v) is 3.42. The fourth-order valence-corrected chi connectivity index (χ4v) is 1.53. The second-order valence-electron chi connectivity index (χ2n) is 3.42. The molecule has 1 rings (SSSR count). The lowest BCUT2D eigenvalue weighted by atomic mass is 9.88. The molecular formula is C8H16O. The van der Waals surface area contributed by atoms with Gasteiger partial charge in [0.15, 0.2) is 0 Å². The maximum Gasteiger partial charge on any atom is 0.0500 e. The minimum Gasteiger partial charge on any atom is -0.381 e. The van der Waals surface area contributed by atoms with Crippen LogP contribution in [0.25, 0.3) is 0 Å². The molecule has 0 radical (unpaired) electrons. The average Bonchev–Trinajstić information content (AvgIpc) is 2.13. The molecule has 0 spiro atoms. The highest BCUT2D eigenvalue weighted by Gasteiger charge is 2.26. The molecule has 1 heterocycles. The van der Waals surface area contributed by atoms with Crippen LogP contribution in [0.15, 0.2) is 0 Å². The van der Waals surface area contributed by atoms with Crippen molar-refractivity contribution in [3.63, 3.8) is 0 Å². The summed E-state index contributed by atoms with van der Waals surface area (Å²) in [5.74, 6) is 2.39. The molecule has 9 heavy (non-hydrogen) atoms. The zero-order chi connectivity index (χ0) is 6.85. The van der Waals surface area contributed by atoms with Gasteiger partial charge in [-0.1, -0.05) is 20.8 Å². The van der Waals surface area contributed by atoms with Gasteiger partial charge >= 0.3 is 0 Å². The summed E-state index contributed by atoms with van der Waals surface area (Å²) in [5, 5.41) is 0. The number of hydrogen-bond donors (Lipinski definition) is 0. The van der Waals surface area contributed by atoms with Crippen LogP contribution in [-0.2, 0) is 4.74 Å². The van der Waals surface area contributed by atoms with Gasteiger partial charge in [0.05, 0.1) is 0 Å². The third-order valence-electron chi connectivity index (χ3n) is 2.28. The Morgan fingerprint density at radius 3 is 2.22 bits per heavy atom. The highest BCUT2D eigenvalue weighted by atomic mass is 16.5. The van der Waals surface area contributed by atoms with Crippen LogP contribution in [0, 0.1) is 17.8 Å². The molecule has 0 aromatic heterocycles. The molecule has 0 aromatic carbocycles. The molecule has 0 unspecified atom stereocenters. The zero-order valence-corrected chi connectivity index (χ0v) is 6.55. The van der Waals surface area contributed by atoms with Crippen molar-refractivity contribution in [3.8, 4) is 0 Å². The lowest BCUT2D eigenvalue weighted by Gasteiger charge is -2.16. The minimum atomic E-state index is 0.782. The van der Waals surface area contributed by atoms with Gasteiger partial charge in [-0.25, -0.2) is 0 Å². The van der Waals surface area contributed by atoms with Gasteiger partial charge in [0.2, 0.25) is 0 Å². The van der Waals surface area contributed by atoms with Gasteiger partial charge < -0.3 is 4.74 Å². The van der Waals surface area contributed by atoms with Crippen molar-refractivity contribution in [2.45, 2.75) is 20.8 Å². The number of rotatable bonds is 1. The van der Waals surface area contributed by atoms with E-state index in [0.29, 0.717) is 0 Å². The van der Waals surface area contributed by atoms with E-state index in [0.717, 1.165) is 31.0 Å². The first-order valence-corrected chi connectivity index (χ1v) is 3.79. The van der Waals surface area contributed by atoms with Crippen molar-refractivity contribution in [1.29, 1.82) is 0 Å². The summed E-state index contributed by atoms with van der Waals surface area (Å²) < 4.78 is 5.33. The molecule has 1 saturated heterocycles. The van der Waals surface area contributed by atoms with Crippen molar-refractivity contribution >= 4 is 0 Å². The third-order valence-corrected chi connectivity index (χ3v) is 2.28. The van der Waals surface area contributed by atoms with Crippen molar-refractivity contribution in [3.05, 3.63) is 0 Å². The fraction of sp³-hybridized carbons (Fsp3) is 1.00. The van der Waals surface area contributed by atoms with E-state index in [1.807, 2.05) is 0 Å². The molecule has 0 aromatic rings. The molecule has 0 N–H and O–H groups in total. The summed E-state index contributed by atoms with van der Waals surface area (Å²) in [4.78, 5) is 0. The molecule has 0 amide bonds. The zero-order valence-electron chi connectivity index (χ0n) is 6.55. The van der Waals surface area contributed by atoms with E-state index in [2.05, 4.69) is 20.8 Å². The van der Waals surface area contributed by atoms with Gasteiger partial charge in [-0.15, -0.1) is 0 Å². The van der Waals surface area contributed by atoms with E-state index in [-0.39, 0.29) is 0 Å². The van der Waals surface area contributed by atoms with Gasteiger partial charge in [-0.05, 0) is 17.8 Å². The second kappa shape index (κ2) is 2.70. The molecule has 54 valence electrons. The normalized spacial score (nSPS) is 36.0. The van der Waals surface area contributed by atoms with Gasteiger partial charge in [0, 0.05) is 13.2 Å². The maximum atomic E-state index is 5.33. The summed E-state index contributed by atoms with van der Waals surface area (Å²) in [6, 6.07) is 0. The largest absolute Gasteiger partial charge is 0.381 e. The van der Waals surface area contributed by atoms with E-state index >= 15 is 0 Å². The topological polar surface area (TPSA) is 9.23 Å². The summed E-state index contributed by atoms with van der Waals surface area (Å²) in [6.07, 6.45) is 0. The highest BCUT2D eigenvalue weighted by molar-refractivity contribution is 4.73. The van der Waals surface area contributed by atoms with Crippen molar-refractivity contribution in [2.24, 2.45) is 17.8 Å². The average molecular weight is 128 g/mol. The van der Waals surface area contributed by atoms with Crippen molar-refractivity contribution in [1.82, 2.24) is 0 Å². The predicted molar refractivity (Wildman–Crippen MR) is 38.3 cm³/mol. The van der Waals surface area contributed by atoms with Crippen molar-refractivity contribution in [2.75, 3.05) is 13.2 Å². The van der Waals surface area contributed by atoms with Crippen LogP contribution in [0.3, 0.4) is 0 Å². The van der Waals surface area contributed by atoms with E-state index < -0.39 is 0 Å². The summed E-state index contributed by atoms with van der Waals surface area (Å²) in [5.41, 5.74) is 0. The Hall–Kier alpha value is -0.0400. The maximum absolute atomic E-state index is 5.33. The molecule has 1 fully saturated rings. The first kappa shape index (κ1) is 7.07. The molecule has 1 heteroatoms. The van der Waals surface area contributed by atoms with E-state index in [1.165, 1.54) is 0 Å². The molecular weight excluding hydrogens is 112 g/mol. The minimum absolute atomic E-state index is 0.782. The Morgan fingerprint density at radius 2 is 2.00 bits per heavy atom. The molecule has 0 aliphatic carbocycles. The predicted octanol–water partition coefficient (Wildman–Crippen LogP) is 1.92. The van der Waals surface area contributed by atoms with E-state index in [4.69, 9.17) is 4.74 Å². The Bertz CT molecular complexity index is 88.6. The molecule has 2 atom stereocenters. The fourth-order valence-electron chi connectivity index (χ4n) is 1.53. The van der Waals surface area contributed by atoms with Crippen LogP contribution >= 0.6 is 0 Å². The molecule has 1 aliphatic rings. The standard InChI is InChI=1S/C8H16O/c1-6(2)8-5-9-4-7(8)3/h6-8H,4-5H2,1-3H3/t7-,8-/m1/s1. The van der Waals surface area contributed by atoms with E-state index in [9.17, 15) is 0 Å². The van der Waals surface area contributed by atoms with E-state index in [1.54, 1.807) is 0 Å². The van der Waals surface area contributed by atoms with Crippen LogP contribution in [0.1, 0.15) is 20.8 Å². The summed E-state index contributed by atoms with van der Waals surface area (Å²) in [7, 11) is 0. The molecule has 1 nitrogen and oxygen atoms in total. The smallest absolute Gasteiger partial charge is 0.0500 e. The Morgan fingerprint density at radius 1 is 1.33 bits per heavy atom. The van der Waals surface area contributed by atoms with Gasteiger partial charge in [0.25, 0.3) is 0 Å². The monoisotopic (exact) mass is 128 g/mol. The van der Waals surface area contributed by atoms with Crippen LogP contribution in [0.5, 0.6) is 0 Å². The quantitative estimate of drug-likeness (QED) is 0.524. The van der Waals surface area contributed by atoms with Crippen LogP contribution in [0.2, 0.25) is 0 Å². The van der Waals surface area contributed by atoms with Gasteiger partial charge in [-0.2, -0.15) is 0 Å². The molecule has 1 aliphatic heterocycles. The first-order valence-electron chi connectivity index (χ1n) is 3.79. The number of hydrogen-bond acceptors (Lipinski definition) is 1. The number of ether oxygens (including phenoxy) is 1. The Balaban J connectivity index is 2.40. The summed E-state index contributed by atoms with van der Waals surface area (Å²) in [6.45, 7) is 8.78. The Kier molecular flexibility index (Phi) is 2.12. The third kappa shape index (κ3) is 1.45. The van der Waals surface area contributed by atoms with Crippen LogP contribution in [0.4, 0.5) is 0 Å². The lowest BCUT2D eigenvalue weighted by molar-refractivity contribution is 0.175. The molecule has 0 saturated carbocycles. The van der Waals surface area contributed by atoms with Gasteiger partial charge in [-0.3, -0.25) is 0 Å².